The minimum Gasteiger partial charge on any atom is -0.481 e. The molecule has 0 aliphatic heterocycles. The summed E-state index contributed by atoms with van der Waals surface area (Å²) in [7, 11) is 0. The van der Waals surface area contributed by atoms with Crippen molar-refractivity contribution in [2.45, 2.75) is 89.0 Å². The van der Waals surface area contributed by atoms with Gasteiger partial charge in [-0.1, -0.05) is 20.3 Å². The quantitative estimate of drug-likeness (QED) is 0.0260. The molecule has 0 bridgehead atoms. The number of nitrogens with zero attached hydrogens (tertiary/aromatic N) is 1. The molecule has 0 aromatic carbocycles. The van der Waals surface area contributed by atoms with Crippen LogP contribution in [0.4, 0.5) is 0 Å². The van der Waals surface area contributed by atoms with Crippen LogP contribution in [0, 0.1) is 5.92 Å². The Morgan fingerprint density at radius 2 is 1.34 bits per heavy atom. The van der Waals surface area contributed by atoms with Crippen molar-refractivity contribution >= 4 is 47.4 Å². The molecular formula is C27H50N10O10. The predicted octanol–water partition coefficient (Wildman–Crippen LogP) is -4.85. The fourth-order valence-corrected chi connectivity index (χ4v) is 4.04. The maximum Gasteiger partial charge on any atom is 0.328 e. The zero-order valence-electron chi connectivity index (χ0n) is 26.7. The number of nitrogens with two attached hydrogens (primary N) is 4. The summed E-state index contributed by atoms with van der Waals surface area (Å²) >= 11 is 0. The minimum absolute atomic E-state index is 0.0480. The molecule has 47 heavy (non-hydrogen) atoms. The van der Waals surface area contributed by atoms with Gasteiger partial charge in [-0.3, -0.25) is 33.8 Å². The van der Waals surface area contributed by atoms with E-state index < -0.39 is 91.3 Å². The van der Waals surface area contributed by atoms with Gasteiger partial charge in [0.15, 0.2) is 5.96 Å². The molecule has 5 amide bonds. The van der Waals surface area contributed by atoms with Gasteiger partial charge in [0.1, 0.15) is 24.2 Å². The monoisotopic (exact) mass is 674 g/mol. The Morgan fingerprint density at radius 3 is 1.87 bits per heavy atom. The molecule has 20 heteroatoms. The van der Waals surface area contributed by atoms with Gasteiger partial charge in [-0.25, -0.2) is 4.79 Å². The molecule has 0 fully saturated rings. The number of guanidine groups is 1. The van der Waals surface area contributed by atoms with Gasteiger partial charge in [-0.05, 0) is 44.6 Å². The summed E-state index contributed by atoms with van der Waals surface area (Å²) in [6, 6.07) is -6.72. The molecule has 0 radical (unpaired) electrons. The lowest BCUT2D eigenvalue weighted by Crippen LogP contribution is -2.58. The summed E-state index contributed by atoms with van der Waals surface area (Å²) < 4.78 is 0. The van der Waals surface area contributed by atoms with Crippen molar-refractivity contribution in [3.63, 3.8) is 0 Å². The molecule has 0 unspecified atom stereocenters. The third kappa shape index (κ3) is 18.9. The van der Waals surface area contributed by atoms with E-state index in [1.54, 1.807) is 13.8 Å². The summed E-state index contributed by atoms with van der Waals surface area (Å²) in [5.74, 6) is -7.73. The highest BCUT2D eigenvalue weighted by molar-refractivity contribution is 5.96. The van der Waals surface area contributed by atoms with Crippen LogP contribution in [0.5, 0.6) is 0 Å². The molecule has 0 rings (SSSR count). The van der Waals surface area contributed by atoms with Gasteiger partial charge in [-0.15, -0.1) is 0 Å². The normalized spacial score (nSPS) is 14.0. The van der Waals surface area contributed by atoms with Crippen molar-refractivity contribution in [1.82, 2.24) is 26.6 Å². The maximum atomic E-state index is 13.4. The number of nitrogens with one attached hydrogen (secondary N) is 5. The molecule has 0 aromatic rings. The van der Waals surface area contributed by atoms with Crippen LogP contribution in [0.3, 0.4) is 0 Å². The first-order valence-corrected chi connectivity index (χ1v) is 15.1. The number of aliphatic carboxylic acids is 2. The van der Waals surface area contributed by atoms with Gasteiger partial charge in [0.05, 0.1) is 25.6 Å². The zero-order chi connectivity index (χ0) is 36.1. The number of carboxylic acid groups (broad SMARTS) is 2. The molecular weight excluding hydrogens is 624 g/mol. The van der Waals surface area contributed by atoms with Crippen molar-refractivity contribution in [3.05, 3.63) is 0 Å². The number of carboxylic acids is 2. The number of amides is 5. The van der Waals surface area contributed by atoms with E-state index in [4.69, 9.17) is 33.1 Å². The number of unbranched alkanes of at least 4 members (excludes halogenated alkanes) is 1. The highest BCUT2D eigenvalue weighted by Gasteiger charge is 2.32. The second kappa shape index (κ2) is 22.9. The van der Waals surface area contributed by atoms with Gasteiger partial charge in [0.25, 0.3) is 0 Å². The average molecular weight is 675 g/mol. The zero-order valence-corrected chi connectivity index (χ0v) is 26.7. The Kier molecular flexibility index (Phi) is 20.6. The van der Waals surface area contributed by atoms with Crippen LogP contribution in [0.1, 0.15) is 58.8 Å². The van der Waals surface area contributed by atoms with Crippen LogP contribution in [0.15, 0.2) is 4.99 Å². The van der Waals surface area contributed by atoms with Gasteiger partial charge < -0.3 is 64.8 Å². The SMILES string of the molecule is CC(C)C[C@H](NC(=O)[C@H](CCCN=C(N)N)NC(=O)[C@@H](N)CCCCN)C(=O)N[C@@H](CC(=O)O)C(=O)NCC(=O)N[C@@H](CO)C(=O)O. The van der Waals surface area contributed by atoms with Gasteiger partial charge in [0, 0.05) is 6.54 Å². The number of hydrogen-bond acceptors (Lipinski definition) is 11. The maximum absolute atomic E-state index is 13.4. The molecule has 5 atom stereocenters. The Hall–Kier alpha value is -4.56. The van der Waals surface area contributed by atoms with E-state index in [0.717, 1.165) is 0 Å². The molecule has 0 aromatic heterocycles. The van der Waals surface area contributed by atoms with Crippen LogP contribution in [0.25, 0.3) is 0 Å². The van der Waals surface area contributed by atoms with Gasteiger partial charge in [0.2, 0.25) is 29.5 Å². The summed E-state index contributed by atoms with van der Waals surface area (Å²) in [4.78, 5) is 90.5. The smallest absolute Gasteiger partial charge is 0.328 e. The van der Waals surface area contributed by atoms with E-state index in [0.29, 0.717) is 25.8 Å². The second-order valence-electron chi connectivity index (χ2n) is 11.1. The largest absolute Gasteiger partial charge is 0.481 e. The van der Waals surface area contributed by atoms with E-state index in [-0.39, 0.29) is 37.7 Å². The molecule has 16 N–H and O–H groups in total. The first-order valence-electron chi connectivity index (χ1n) is 15.1. The van der Waals surface area contributed by atoms with E-state index >= 15 is 0 Å². The fraction of sp³-hybridized carbons (Fsp3) is 0.704. The predicted molar refractivity (Wildman–Crippen MR) is 168 cm³/mol. The second-order valence-corrected chi connectivity index (χ2v) is 11.1. The summed E-state index contributed by atoms with van der Waals surface area (Å²) in [5, 5.41) is 38.7. The van der Waals surface area contributed by atoms with Crippen molar-refractivity contribution in [2.75, 3.05) is 26.2 Å². The Balaban J connectivity index is 5.81. The number of aliphatic hydroxyl groups excluding tert-OH is 1. The van der Waals surface area contributed by atoms with Crippen LogP contribution in [-0.2, 0) is 33.6 Å². The number of hydrogen-bond donors (Lipinski definition) is 12. The Bertz CT molecular complexity index is 1100. The molecule has 0 spiro atoms. The van der Waals surface area contributed by atoms with Gasteiger partial charge >= 0.3 is 11.9 Å². The number of carbonyl (C=O) groups excluding carboxylic acids is 5. The number of carbonyl (C=O) groups is 7. The minimum atomic E-state index is -1.70. The third-order valence-corrected chi connectivity index (χ3v) is 6.48. The first-order chi connectivity index (χ1) is 22.0. The number of aliphatic hydroxyl groups is 1. The lowest BCUT2D eigenvalue weighted by atomic mass is 10.0. The van der Waals surface area contributed by atoms with E-state index in [1.165, 1.54) is 0 Å². The van der Waals surface area contributed by atoms with Crippen molar-refractivity contribution in [2.24, 2.45) is 33.8 Å². The van der Waals surface area contributed by atoms with E-state index in [2.05, 4.69) is 26.3 Å². The number of rotatable bonds is 24. The Labute approximate surface area is 272 Å². The van der Waals surface area contributed by atoms with Crippen LogP contribution < -0.4 is 49.5 Å². The van der Waals surface area contributed by atoms with Crippen molar-refractivity contribution in [1.29, 1.82) is 0 Å². The van der Waals surface area contributed by atoms with Crippen LogP contribution in [-0.4, -0.2) is 119 Å². The molecule has 0 aliphatic carbocycles. The highest BCUT2D eigenvalue weighted by Crippen LogP contribution is 2.09. The van der Waals surface area contributed by atoms with Gasteiger partial charge in [-0.2, -0.15) is 0 Å². The fourth-order valence-electron chi connectivity index (χ4n) is 4.04. The lowest BCUT2D eigenvalue weighted by Gasteiger charge is -2.26. The first kappa shape index (κ1) is 42.4. The summed E-state index contributed by atoms with van der Waals surface area (Å²) in [6.07, 6.45) is 1.03. The summed E-state index contributed by atoms with van der Waals surface area (Å²) in [6.45, 7) is 2.34. The molecule has 0 aliphatic rings. The molecule has 0 heterocycles. The third-order valence-electron chi connectivity index (χ3n) is 6.48. The topological polar surface area (TPSA) is 357 Å². The standard InChI is InChI=1S/C27H50N10O10/c1-14(2)10-17(25(45)37-18(11-21(40)41)23(43)33-12-20(39)34-19(13-38)26(46)47)36-24(44)16(7-5-9-32-27(30)31)35-22(42)15(29)6-3-4-8-28/h14-19,38H,3-13,28-29H2,1-2H3,(H,33,43)(H,34,39)(H,35,42)(H,36,44)(H,37,45)(H,40,41)(H,46,47)(H4,30,31,32)/t15-,16-,17-,18-,19-/m0/s1. The molecule has 0 saturated heterocycles. The van der Waals surface area contributed by atoms with E-state index in [9.17, 15) is 38.7 Å². The molecule has 20 nitrogen and oxygen atoms in total. The highest BCUT2D eigenvalue weighted by atomic mass is 16.4. The van der Waals surface area contributed by atoms with Crippen molar-refractivity contribution in [3.8, 4) is 0 Å². The molecule has 268 valence electrons. The summed E-state index contributed by atoms with van der Waals surface area (Å²) in [5.41, 5.74) is 22.2. The lowest BCUT2D eigenvalue weighted by molar-refractivity contribution is -0.143. The van der Waals surface area contributed by atoms with Crippen LogP contribution in [0.2, 0.25) is 0 Å². The van der Waals surface area contributed by atoms with Crippen LogP contribution >= 0.6 is 0 Å². The molecule has 0 saturated carbocycles. The Morgan fingerprint density at radius 1 is 0.745 bits per heavy atom. The number of aliphatic imine (C=N–C) groups is 1. The average Bonchev–Trinajstić information content (AvgIpc) is 2.98. The van der Waals surface area contributed by atoms with Crippen molar-refractivity contribution < 1.29 is 48.9 Å². The van der Waals surface area contributed by atoms with E-state index in [1.807, 2.05) is 5.32 Å².